The molecule has 0 aromatic carbocycles. The standard InChI is InChI=1S/C12H24N2O2/c1-3-10(5-8-15)9-13-11(16)12(2)6-4-7-14-12/h10,14-15H,3-9H2,1-2H3,(H,13,16). The zero-order valence-electron chi connectivity index (χ0n) is 10.4. The third kappa shape index (κ3) is 3.46. The second-order valence-corrected chi connectivity index (χ2v) is 4.86. The van der Waals surface area contributed by atoms with Gasteiger partial charge in [-0.2, -0.15) is 0 Å². The number of carbonyl (C=O) groups is 1. The van der Waals surface area contributed by atoms with Crippen LogP contribution in [0.4, 0.5) is 0 Å². The Morgan fingerprint density at radius 2 is 2.38 bits per heavy atom. The van der Waals surface area contributed by atoms with E-state index in [0.717, 1.165) is 32.2 Å². The summed E-state index contributed by atoms with van der Waals surface area (Å²) in [6, 6.07) is 0. The highest BCUT2D eigenvalue weighted by atomic mass is 16.3. The highest BCUT2D eigenvalue weighted by Crippen LogP contribution is 2.18. The van der Waals surface area contributed by atoms with Crippen molar-refractivity contribution in [2.45, 2.75) is 45.1 Å². The number of aliphatic hydroxyl groups is 1. The minimum absolute atomic E-state index is 0.0985. The molecule has 94 valence electrons. The molecule has 1 aliphatic rings. The van der Waals surface area contributed by atoms with Crippen molar-refractivity contribution in [3.05, 3.63) is 0 Å². The molecule has 4 nitrogen and oxygen atoms in total. The molecule has 1 amide bonds. The fraction of sp³-hybridized carbons (Fsp3) is 0.917. The van der Waals surface area contributed by atoms with E-state index in [1.807, 2.05) is 6.92 Å². The van der Waals surface area contributed by atoms with E-state index >= 15 is 0 Å². The number of aliphatic hydroxyl groups excluding tert-OH is 1. The maximum absolute atomic E-state index is 12.0. The Balaban J connectivity index is 2.33. The maximum atomic E-state index is 12.0. The van der Waals surface area contributed by atoms with Crippen LogP contribution in [0.5, 0.6) is 0 Å². The molecule has 0 spiro atoms. The Bertz CT molecular complexity index is 225. The van der Waals surface area contributed by atoms with Gasteiger partial charge in [0.1, 0.15) is 0 Å². The molecule has 2 atom stereocenters. The molecule has 1 rings (SSSR count). The molecule has 1 fully saturated rings. The van der Waals surface area contributed by atoms with E-state index in [1.165, 1.54) is 0 Å². The fourth-order valence-electron chi connectivity index (χ4n) is 2.15. The Labute approximate surface area is 97.8 Å². The van der Waals surface area contributed by atoms with Crippen molar-refractivity contribution < 1.29 is 9.90 Å². The molecule has 2 unspecified atom stereocenters. The average molecular weight is 228 g/mol. The number of carbonyl (C=O) groups excluding carboxylic acids is 1. The summed E-state index contributed by atoms with van der Waals surface area (Å²) in [5.41, 5.74) is -0.377. The minimum Gasteiger partial charge on any atom is -0.396 e. The summed E-state index contributed by atoms with van der Waals surface area (Å²) in [5, 5.41) is 15.1. The van der Waals surface area contributed by atoms with Gasteiger partial charge in [0.05, 0.1) is 5.54 Å². The van der Waals surface area contributed by atoms with E-state index in [-0.39, 0.29) is 18.1 Å². The van der Waals surface area contributed by atoms with Gasteiger partial charge < -0.3 is 15.7 Å². The van der Waals surface area contributed by atoms with Crippen molar-refractivity contribution in [3.63, 3.8) is 0 Å². The number of rotatable bonds is 6. The Kier molecular flexibility index (Phi) is 5.22. The van der Waals surface area contributed by atoms with Gasteiger partial charge in [-0.1, -0.05) is 13.3 Å². The first-order valence-corrected chi connectivity index (χ1v) is 6.26. The van der Waals surface area contributed by atoms with E-state index in [1.54, 1.807) is 0 Å². The van der Waals surface area contributed by atoms with Crippen molar-refractivity contribution in [3.8, 4) is 0 Å². The van der Waals surface area contributed by atoms with Gasteiger partial charge in [0, 0.05) is 13.2 Å². The average Bonchev–Trinajstić information content (AvgIpc) is 2.72. The van der Waals surface area contributed by atoms with Crippen molar-refractivity contribution in [1.82, 2.24) is 10.6 Å². The fourth-order valence-corrected chi connectivity index (χ4v) is 2.15. The summed E-state index contributed by atoms with van der Waals surface area (Å²) in [6.07, 6.45) is 3.74. The molecule has 1 heterocycles. The molecule has 4 heteroatoms. The van der Waals surface area contributed by atoms with Crippen molar-refractivity contribution in [2.24, 2.45) is 5.92 Å². The maximum Gasteiger partial charge on any atom is 0.240 e. The first-order chi connectivity index (χ1) is 7.62. The molecule has 0 radical (unpaired) electrons. The topological polar surface area (TPSA) is 61.4 Å². The molecular weight excluding hydrogens is 204 g/mol. The van der Waals surface area contributed by atoms with Crippen LogP contribution >= 0.6 is 0 Å². The second-order valence-electron chi connectivity index (χ2n) is 4.86. The minimum atomic E-state index is -0.377. The lowest BCUT2D eigenvalue weighted by Gasteiger charge is -2.24. The molecule has 0 aromatic heterocycles. The van der Waals surface area contributed by atoms with E-state index in [2.05, 4.69) is 17.6 Å². The number of hydrogen-bond acceptors (Lipinski definition) is 3. The van der Waals surface area contributed by atoms with Gasteiger partial charge >= 0.3 is 0 Å². The zero-order chi connectivity index (χ0) is 12.0. The SMILES string of the molecule is CCC(CCO)CNC(=O)C1(C)CCCN1. The predicted octanol–water partition coefficient (Wildman–Crippen LogP) is 0.653. The normalized spacial score (nSPS) is 26.7. The largest absolute Gasteiger partial charge is 0.396 e. The first kappa shape index (κ1) is 13.5. The quantitative estimate of drug-likeness (QED) is 0.625. The van der Waals surface area contributed by atoms with Gasteiger partial charge in [0.15, 0.2) is 0 Å². The number of nitrogens with one attached hydrogen (secondary N) is 2. The third-order valence-electron chi connectivity index (χ3n) is 3.54. The molecule has 16 heavy (non-hydrogen) atoms. The van der Waals surface area contributed by atoms with Crippen LogP contribution in [-0.2, 0) is 4.79 Å². The Morgan fingerprint density at radius 1 is 1.62 bits per heavy atom. The van der Waals surface area contributed by atoms with Gasteiger partial charge in [-0.15, -0.1) is 0 Å². The number of hydrogen-bond donors (Lipinski definition) is 3. The van der Waals surface area contributed by atoms with E-state index in [4.69, 9.17) is 5.11 Å². The van der Waals surface area contributed by atoms with Crippen molar-refractivity contribution in [1.29, 1.82) is 0 Å². The first-order valence-electron chi connectivity index (χ1n) is 6.26. The lowest BCUT2D eigenvalue weighted by Crippen LogP contribution is -2.52. The summed E-state index contributed by atoms with van der Waals surface area (Å²) >= 11 is 0. The van der Waals surface area contributed by atoms with Crippen LogP contribution in [0.2, 0.25) is 0 Å². The molecule has 3 N–H and O–H groups in total. The zero-order valence-corrected chi connectivity index (χ0v) is 10.4. The monoisotopic (exact) mass is 228 g/mol. The molecule has 0 aromatic rings. The Hall–Kier alpha value is -0.610. The van der Waals surface area contributed by atoms with Crippen LogP contribution in [0.3, 0.4) is 0 Å². The third-order valence-corrected chi connectivity index (χ3v) is 3.54. The van der Waals surface area contributed by atoms with Crippen LogP contribution in [0, 0.1) is 5.92 Å². The molecule has 0 aliphatic carbocycles. The van der Waals surface area contributed by atoms with Gasteiger partial charge in [0.2, 0.25) is 5.91 Å². The summed E-state index contributed by atoms with van der Waals surface area (Å²) in [4.78, 5) is 12.0. The molecule has 0 bridgehead atoms. The molecule has 0 saturated carbocycles. The lowest BCUT2D eigenvalue weighted by molar-refractivity contribution is -0.126. The van der Waals surface area contributed by atoms with Crippen molar-refractivity contribution in [2.75, 3.05) is 19.7 Å². The smallest absolute Gasteiger partial charge is 0.240 e. The van der Waals surface area contributed by atoms with Gasteiger partial charge in [-0.25, -0.2) is 0 Å². The van der Waals surface area contributed by atoms with E-state index < -0.39 is 0 Å². The van der Waals surface area contributed by atoms with E-state index in [9.17, 15) is 4.79 Å². The summed E-state index contributed by atoms with van der Waals surface area (Å²) in [6.45, 7) is 5.85. The molecule has 1 aliphatic heterocycles. The van der Waals surface area contributed by atoms with Crippen LogP contribution in [0.25, 0.3) is 0 Å². The highest BCUT2D eigenvalue weighted by molar-refractivity contribution is 5.86. The number of amides is 1. The van der Waals surface area contributed by atoms with Crippen LogP contribution in [0.15, 0.2) is 0 Å². The van der Waals surface area contributed by atoms with E-state index in [0.29, 0.717) is 12.5 Å². The molecular formula is C12H24N2O2. The van der Waals surface area contributed by atoms with Crippen molar-refractivity contribution >= 4 is 5.91 Å². The lowest BCUT2D eigenvalue weighted by atomic mass is 9.98. The van der Waals surface area contributed by atoms with Gasteiger partial charge in [-0.3, -0.25) is 4.79 Å². The summed E-state index contributed by atoms with van der Waals surface area (Å²) in [7, 11) is 0. The van der Waals surface area contributed by atoms with Gasteiger partial charge in [0.25, 0.3) is 0 Å². The van der Waals surface area contributed by atoms with Crippen LogP contribution in [0.1, 0.15) is 39.5 Å². The Morgan fingerprint density at radius 3 is 2.88 bits per heavy atom. The summed E-state index contributed by atoms with van der Waals surface area (Å²) < 4.78 is 0. The van der Waals surface area contributed by atoms with Crippen LogP contribution < -0.4 is 10.6 Å². The highest BCUT2D eigenvalue weighted by Gasteiger charge is 2.35. The second kappa shape index (κ2) is 6.21. The molecule has 1 saturated heterocycles. The van der Waals surface area contributed by atoms with Gasteiger partial charge in [-0.05, 0) is 38.6 Å². The predicted molar refractivity (Wildman–Crippen MR) is 64.1 cm³/mol. The van der Waals surface area contributed by atoms with Crippen LogP contribution in [-0.4, -0.2) is 36.2 Å². The summed E-state index contributed by atoms with van der Waals surface area (Å²) in [5.74, 6) is 0.486.